The molecule has 1 N–H and O–H groups in total. The van der Waals surface area contributed by atoms with Crippen LogP contribution in [0.3, 0.4) is 0 Å². The van der Waals surface area contributed by atoms with E-state index in [1.54, 1.807) is 7.11 Å². The third-order valence-electron chi connectivity index (χ3n) is 3.05. The Morgan fingerprint density at radius 1 is 1.10 bits per heavy atom. The summed E-state index contributed by atoms with van der Waals surface area (Å²) in [4.78, 5) is 0. The van der Waals surface area contributed by atoms with Crippen molar-refractivity contribution in [3.05, 3.63) is 29.8 Å². The van der Waals surface area contributed by atoms with Crippen molar-refractivity contribution in [2.75, 3.05) is 40.1 Å². The maximum atomic E-state index is 5.71. The lowest BCUT2D eigenvalue weighted by atomic mass is 10.0. The number of hydrogen-bond donors (Lipinski definition) is 1. The average Bonchev–Trinajstić information content (AvgIpc) is 2.48. The first-order chi connectivity index (χ1) is 9.81. The highest BCUT2D eigenvalue weighted by atomic mass is 16.5. The van der Waals surface area contributed by atoms with Crippen LogP contribution in [0, 0.1) is 0 Å². The number of hydrogen-bond acceptors (Lipinski definition) is 4. The van der Waals surface area contributed by atoms with Gasteiger partial charge in [0.2, 0.25) is 0 Å². The van der Waals surface area contributed by atoms with Crippen LogP contribution in [-0.4, -0.2) is 40.1 Å². The van der Waals surface area contributed by atoms with Gasteiger partial charge in [0, 0.05) is 13.2 Å². The van der Waals surface area contributed by atoms with E-state index in [1.165, 1.54) is 5.56 Å². The second kappa shape index (κ2) is 10.7. The molecule has 0 saturated heterocycles. The minimum absolute atomic E-state index is 0.390. The molecule has 0 aliphatic heterocycles. The van der Waals surface area contributed by atoms with E-state index in [0.717, 1.165) is 18.7 Å². The van der Waals surface area contributed by atoms with Crippen LogP contribution in [0.5, 0.6) is 5.75 Å². The Kier molecular flexibility index (Phi) is 9.04. The number of nitrogens with one attached hydrogen (secondary N) is 1. The van der Waals surface area contributed by atoms with Gasteiger partial charge in [0.25, 0.3) is 0 Å². The van der Waals surface area contributed by atoms with Crippen molar-refractivity contribution in [3.63, 3.8) is 0 Å². The second-order valence-electron chi connectivity index (χ2n) is 4.54. The Morgan fingerprint density at radius 3 is 2.60 bits per heavy atom. The molecule has 1 rings (SSSR count). The van der Waals surface area contributed by atoms with Gasteiger partial charge in [-0.2, -0.15) is 0 Å². The molecule has 0 aliphatic carbocycles. The fourth-order valence-corrected chi connectivity index (χ4v) is 2.03. The van der Waals surface area contributed by atoms with Gasteiger partial charge in [0.15, 0.2) is 0 Å². The van der Waals surface area contributed by atoms with E-state index < -0.39 is 0 Å². The zero-order valence-electron chi connectivity index (χ0n) is 12.9. The summed E-state index contributed by atoms with van der Waals surface area (Å²) >= 11 is 0. The van der Waals surface area contributed by atoms with Crippen LogP contribution in [0.25, 0.3) is 0 Å². The van der Waals surface area contributed by atoms with Crippen LogP contribution in [-0.2, 0) is 9.47 Å². The van der Waals surface area contributed by atoms with E-state index >= 15 is 0 Å². The van der Waals surface area contributed by atoms with E-state index in [1.807, 2.05) is 12.1 Å². The number of ether oxygens (including phenoxy) is 3. The minimum Gasteiger partial charge on any atom is -0.491 e. The van der Waals surface area contributed by atoms with E-state index in [-0.39, 0.29) is 0 Å². The molecule has 0 aromatic heterocycles. The van der Waals surface area contributed by atoms with Crippen LogP contribution < -0.4 is 10.1 Å². The fraction of sp³-hybridized carbons (Fsp3) is 0.625. The Hall–Kier alpha value is -1.10. The van der Waals surface area contributed by atoms with Gasteiger partial charge in [-0.15, -0.1) is 0 Å². The average molecular weight is 281 g/mol. The quantitative estimate of drug-likeness (QED) is 0.633. The molecule has 0 amide bonds. The molecule has 1 aromatic carbocycles. The van der Waals surface area contributed by atoms with E-state index in [2.05, 4.69) is 31.3 Å². The van der Waals surface area contributed by atoms with Crippen molar-refractivity contribution < 1.29 is 14.2 Å². The first-order valence-corrected chi connectivity index (χ1v) is 7.34. The molecule has 0 spiro atoms. The van der Waals surface area contributed by atoms with Crippen molar-refractivity contribution in [1.29, 1.82) is 0 Å². The molecular formula is C16H27NO3. The Bertz CT molecular complexity index is 357. The Balaban J connectivity index is 2.39. The van der Waals surface area contributed by atoms with Gasteiger partial charge in [0.05, 0.1) is 19.8 Å². The fourth-order valence-electron chi connectivity index (χ4n) is 2.03. The lowest BCUT2D eigenvalue weighted by Crippen LogP contribution is -2.20. The predicted molar refractivity (Wildman–Crippen MR) is 81.3 cm³/mol. The van der Waals surface area contributed by atoms with Crippen LogP contribution >= 0.6 is 0 Å². The molecule has 114 valence electrons. The van der Waals surface area contributed by atoms with Gasteiger partial charge in [-0.05, 0) is 30.7 Å². The molecule has 0 heterocycles. The monoisotopic (exact) mass is 281 g/mol. The molecular weight excluding hydrogens is 254 g/mol. The maximum absolute atomic E-state index is 5.71. The normalized spacial score (nSPS) is 12.3. The summed E-state index contributed by atoms with van der Waals surface area (Å²) in [6, 6.07) is 8.65. The minimum atomic E-state index is 0.390. The van der Waals surface area contributed by atoms with Crippen LogP contribution in [0.2, 0.25) is 0 Å². The van der Waals surface area contributed by atoms with E-state index in [9.17, 15) is 0 Å². The van der Waals surface area contributed by atoms with Gasteiger partial charge in [-0.3, -0.25) is 0 Å². The van der Waals surface area contributed by atoms with Gasteiger partial charge in [-0.1, -0.05) is 26.0 Å². The molecule has 1 atom stereocenters. The Labute approximate surface area is 122 Å². The van der Waals surface area contributed by atoms with Gasteiger partial charge < -0.3 is 19.5 Å². The lowest BCUT2D eigenvalue weighted by molar-refractivity contribution is 0.0544. The van der Waals surface area contributed by atoms with E-state index in [0.29, 0.717) is 32.5 Å². The summed E-state index contributed by atoms with van der Waals surface area (Å²) in [5.74, 6) is 0.897. The van der Waals surface area contributed by atoms with Crippen molar-refractivity contribution in [2.24, 2.45) is 0 Å². The van der Waals surface area contributed by atoms with Crippen molar-refractivity contribution in [2.45, 2.75) is 26.3 Å². The number of methoxy groups -OCH3 is 1. The van der Waals surface area contributed by atoms with Crippen molar-refractivity contribution >= 4 is 0 Å². The molecule has 4 nitrogen and oxygen atoms in total. The third kappa shape index (κ3) is 6.37. The summed E-state index contributed by atoms with van der Waals surface area (Å²) in [6.07, 6.45) is 1.07. The zero-order chi connectivity index (χ0) is 14.6. The molecule has 0 saturated carbocycles. The topological polar surface area (TPSA) is 39.7 Å². The molecule has 0 radical (unpaired) electrons. The van der Waals surface area contributed by atoms with Gasteiger partial charge in [-0.25, -0.2) is 0 Å². The first kappa shape index (κ1) is 17.0. The highest BCUT2D eigenvalue weighted by molar-refractivity contribution is 5.30. The molecule has 0 aliphatic rings. The van der Waals surface area contributed by atoms with Gasteiger partial charge in [0.1, 0.15) is 12.4 Å². The molecule has 20 heavy (non-hydrogen) atoms. The van der Waals surface area contributed by atoms with E-state index in [4.69, 9.17) is 14.2 Å². The molecule has 4 heteroatoms. The second-order valence-corrected chi connectivity index (χ2v) is 4.54. The van der Waals surface area contributed by atoms with Crippen LogP contribution in [0.4, 0.5) is 0 Å². The van der Waals surface area contributed by atoms with Gasteiger partial charge >= 0.3 is 0 Å². The first-order valence-electron chi connectivity index (χ1n) is 7.34. The summed E-state index contributed by atoms with van der Waals surface area (Å²) < 4.78 is 16.0. The highest BCUT2D eigenvalue weighted by Crippen LogP contribution is 2.21. The lowest BCUT2D eigenvalue weighted by Gasteiger charge is -2.17. The van der Waals surface area contributed by atoms with Crippen molar-refractivity contribution in [3.8, 4) is 5.75 Å². The highest BCUT2D eigenvalue weighted by Gasteiger charge is 2.08. The number of benzene rings is 1. The maximum Gasteiger partial charge on any atom is 0.119 e. The number of rotatable bonds is 11. The Morgan fingerprint density at radius 2 is 1.90 bits per heavy atom. The zero-order valence-corrected chi connectivity index (χ0v) is 12.9. The molecule has 0 fully saturated rings. The molecule has 1 aromatic rings. The van der Waals surface area contributed by atoms with Crippen molar-refractivity contribution in [1.82, 2.24) is 5.32 Å². The smallest absolute Gasteiger partial charge is 0.119 e. The summed E-state index contributed by atoms with van der Waals surface area (Å²) in [5, 5.41) is 3.47. The SMILES string of the molecule is CCNC(CC)c1cccc(OCCOCCOC)c1. The largest absolute Gasteiger partial charge is 0.491 e. The molecule has 0 bridgehead atoms. The van der Waals surface area contributed by atoms with Crippen LogP contribution in [0.15, 0.2) is 24.3 Å². The molecule has 1 unspecified atom stereocenters. The summed E-state index contributed by atoms with van der Waals surface area (Å²) in [6.45, 7) is 7.65. The third-order valence-corrected chi connectivity index (χ3v) is 3.05. The van der Waals surface area contributed by atoms with Crippen LogP contribution in [0.1, 0.15) is 31.9 Å². The standard InChI is InChI=1S/C16H27NO3/c1-4-16(17-5-2)14-7-6-8-15(13-14)20-12-11-19-10-9-18-3/h6-8,13,16-17H,4-5,9-12H2,1-3H3. The predicted octanol–water partition coefficient (Wildman–Crippen LogP) is 2.79. The summed E-state index contributed by atoms with van der Waals surface area (Å²) in [5.41, 5.74) is 1.27. The summed E-state index contributed by atoms with van der Waals surface area (Å²) in [7, 11) is 1.67.